The summed E-state index contributed by atoms with van der Waals surface area (Å²) in [7, 11) is 1.64. The molecule has 0 aliphatic rings. The van der Waals surface area contributed by atoms with Crippen LogP contribution in [-0.4, -0.2) is 26.2 Å². The second kappa shape index (κ2) is 9.44. The van der Waals surface area contributed by atoms with Crippen LogP contribution in [0.3, 0.4) is 0 Å². The Balaban J connectivity index is 1.85. The lowest BCUT2D eigenvalue weighted by molar-refractivity contribution is -0.682. The molecule has 0 radical (unpaired) electrons. The molecule has 1 amide bonds. The number of methoxy groups -OCH3 is 1. The Bertz CT molecular complexity index is 704. The monoisotopic (exact) mass is 407 g/mol. The number of nitrogens with one attached hydrogen (secondary N) is 1. The Labute approximate surface area is 156 Å². The van der Waals surface area contributed by atoms with E-state index in [1.165, 1.54) is 0 Å². The second-order valence-electron chi connectivity index (χ2n) is 5.63. The van der Waals surface area contributed by atoms with Crippen molar-refractivity contribution in [2.45, 2.75) is 19.9 Å². The smallest absolute Gasteiger partial charge is 0.279 e. The van der Waals surface area contributed by atoms with Crippen molar-refractivity contribution in [3.63, 3.8) is 0 Å². The molecule has 25 heavy (non-hydrogen) atoms. The number of hydrogen-bond donors (Lipinski definition) is 2. The number of halogens is 1. The zero-order valence-corrected chi connectivity index (χ0v) is 16.3. The van der Waals surface area contributed by atoms with Gasteiger partial charge in [-0.1, -0.05) is 0 Å². The Morgan fingerprint density at radius 1 is 1.24 bits per heavy atom. The maximum atomic E-state index is 12.1. The number of carbonyl (C=O) groups excluding carboxylic acids is 1. The second-order valence-corrected chi connectivity index (χ2v) is 6.48. The molecule has 3 N–H and O–H groups in total. The zero-order chi connectivity index (χ0) is 18.2. The summed E-state index contributed by atoms with van der Waals surface area (Å²) in [6, 6.07) is 13.5. The van der Waals surface area contributed by atoms with Gasteiger partial charge in [0, 0.05) is 11.3 Å². The van der Waals surface area contributed by atoms with Gasteiger partial charge in [-0.25, -0.2) is 0 Å². The van der Waals surface area contributed by atoms with Gasteiger partial charge in [0.2, 0.25) is 0 Å². The van der Waals surface area contributed by atoms with Gasteiger partial charge in [-0.3, -0.25) is 4.79 Å². The topological polar surface area (TPSA) is 64.2 Å². The van der Waals surface area contributed by atoms with Crippen molar-refractivity contribution in [2.24, 2.45) is 0 Å². The van der Waals surface area contributed by atoms with Crippen molar-refractivity contribution in [1.29, 1.82) is 0 Å². The summed E-state index contributed by atoms with van der Waals surface area (Å²) in [5.74, 6) is 1.55. The van der Waals surface area contributed by atoms with Crippen LogP contribution in [0.25, 0.3) is 0 Å². The molecule has 2 aromatic rings. The maximum absolute atomic E-state index is 12.1. The number of hydrogen-bond acceptors (Lipinski definition) is 3. The molecule has 0 aliphatic heterocycles. The van der Waals surface area contributed by atoms with Gasteiger partial charge in [0.25, 0.3) is 5.91 Å². The molecule has 1 atom stereocenters. The van der Waals surface area contributed by atoms with E-state index in [9.17, 15) is 4.79 Å². The highest BCUT2D eigenvalue weighted by Crippen LogP contribution is 2.27. The van der Waals surface area contributed by atoms with E-state index in [0.29, 0.717) is 13.2 Å². The molecule has 0 aliphatic carbocycles. The van der Waals surface area contributed by atoms with Crippen LogP contribution in [0, 0.1) is 0 Å². The van der Waals surface area contributed by atoms with E-state index in [0.717, 1.165) is 27.2 Å². The molecule has 134 valence electrons. The summed E-state index contributed by atoms with van der Waals surface area (Å²) in [6.07, 6.45) is 0. The van der Waals surface area contributed by atoms with E-state index in [2.05, 4.69) is 28.2 Å². The third-order valence-electron chi connectivity index (χ3n) is 3.81. The largest absolute Gasteiger partial charge is 0.496 e. The third-order valence-corrected chi connectivity index (χ3v) is 4.43. The molecule has 2 aromatic carbocycles. The predicted molar refractivity (Wildman–Crippen MR) is 102 cm³/mol. The molecular weight excluding hydrogens is 384 g/mol. The van der Waals surface area contributed by atoms with Gasteiger partial charge >= 0.3 is 0 Å². The van der Waals surface area contributed by atoms with Gasteiger partial charge in [-0.15, -0.1) is 0 Å². The van der Waals surface area contributed by atoms with Crippen LogP contribution in [0.2, 0.25) is 0 Å². The Hall–Kier alpha value is -2.05. The van der Waals surface area contributed by atoms with E-state index in [-0.39, 0.29) is 11.9 Å². The number of amides is 1. The molecule has 0 fully saturated rings. The van der Waals surface area contributed by atoms with Gasteiger partial charge in [0.1, 0.15) is 17.5 Å². The molecule has 0 bridgehead atoms. The molecule has 0 saturated carbocycles. The zero-order valence-electron chi connectivity index (χ0n) is 14.7. The number of nitrogens with two attached hydrogens (primary N) is 1. The first-order valence-corrected chi connectivity index (χ1v) is 9.02. The standard InChI is InChI=1S/C19H23BrN2O3/c1-4-25-16-8-6-15(7-9-16)22-19(23)12-21-13(2)14-5-10-18(24-3)17(20)11-14/h5-11,13,21H,4,12H2,1-3H3,(H,22,23)/p+1/t13-/m1/s1. The average Bonchev–Trinajstić information content (AvgIpc) is 2.61. The van der Waals surface area contributed by atoms with Gasteiger partial charge in [0.05, 0.1) is 18.2 Å². The van der Waals surface area contributed by atoms with Crippen LogP contribution in [0.15, 0.2) is 46.9 Å². The quantitative estimate of drug-likeness (QED) is 0.706. The fourth-order valence-electron chi connectivity index (χ4n) is 2.40. The number of rotatable bonds is 8. The third kappa shape index (κ3) is 5.76. The van der Waals surface area contributed by atoms with Crippen LogP contribution in [0.5, 0.6) is 11.5 Å². The SMILES string of the molecule is CCOc1ccc(NC(=O)C[NH2+][C@H](C)c2ccc(OC)c(Br)c2)cc1. The molecule has 2 rings (SSSR count). The van der Waals surface area contributed by atoms with Crippen LogP contribution in [-0.2, 0) is 4.79 Å². The fourth-order valence-corrected chi connectivity index (χ4v) is 2.96. The highest BCUT2D eigenvalue weighted by Gasteiger charge is 2.13. The highest BCUT2D eigenvalue weighted by molar-refractivity contribution is 9.10. The summed E-state index contributed by atoms with van der Waals surface area (Å²) < 4.78 is 11.5. The molecule has 0 aromatic heterocycles. The number of anilines is 1. The Morgan fingerprint density at radius 3 is 2.56 bits per heavy atom. The summed E-state index contributed by atoms with van der Waals surface area (Å²) in [4.78, 5) is 12.1. The number of quaternary nitrogens is 1. The lowest BCUT2D eigenvalue weighted by Crippen LogP contribution is -2.86. The molecule has 0 saturated heterocycles. The minimum atomic E-state index is -0.0383. The molecule has 0 heterocycles. The van der Waals surface area contributed by atoms with Crippen molar-refractivity contribution < 1.29 is 19.6 Å². The minimum Gasteiger partial charge on any atom is -0.496 e. The van der Waals surface area contributed by atoms with Crippen LogP contribution < -0.4 is 20.1 Å². The first-order chi connectivity index (χ1) is 12.0. The first kappa shape index (κ1) is 19.3. The molecule has 0 unspecified atom stereocenters. The first-order valence-electron chi connectivity index (χ1n) is 8.23. The van der Waals surface area contributed by atoms with Crippen LogP contribution in [0.1, 0.15) is 25.5 Å². The van der Waals surface area contributed by atoms with E-state index in [4.69, 9.17) is 9.47 Å². The summed E-state index contributed by atoms with van der Waals surface area (Å²) in [5, 5.41) is 4.89. The summed E-state index contributed by atoms with van der Waals surface area (Å²) >= 11 is 3.49. The van der Waals surface area contributed by atoms with E-state index >= 15 is 0 Å². The maximum Gasteiger partial charge on any atom is 0.279 e. The lowest BCUT2D eigenvalue weighted by atomic mass is 10.1. The molecule has 0 spiro atoms. The highest BCUT2D eigenvalue weighted by atomic mass is 79.9. The van der Waals surface area contributed by atoms with Crippen molar-refractivity contribution in [3.05, 3.63) is 52.5 Å². The average molecular weight is 408 g/mol. The predicted octanol–water partition coefficient (Wildman–Crippen LogP) is 3.12. The fraction of sp³-hybridized carbons (Fsp3) is 0.316. The molecule has 5 nitrogen and oxygen atoms in total. The van der Waals surface area contributed by atoms with Crippen LogP contribution in [0.4, 0.5) is 5.69 Å². The number of carbonyl (C=O) groups is 1. The van der Waals surface area contributed by atoms with E-state index < -0.39 is 0 Å². The van der Waals surface area contributed by atoms with Gasteiger partial charge in [-0.2, -0.15) is 0 Å². The minimum absolute atomic E-state index is 0.0383. The Kier molecular flexibility index (Phi) is 7.28. The summed E-state index contributed by atoms with van der Waals surface area (Å²) in [6.45, 7) is 4.98. The summed E-state index contributed by atoms with van der Waals surface area (Å²) in [5.41, 5.74) is 1.89. The lowest BCUT2D eigenvalue weighted by Gasteiger charge is -2.13. The van der Waals surface area contributed by atoms with Crippen molar-refractivity contribution in [3.8, 4) is 11.5 Å². The number of ether oxygens (including phenoxy) is 2. The van der Waals surface area contributed by atoms with Crippen LogP contribution >= 0.6 is 15.9 Å². The molecular formula is C19H24BrN2O3+. The number of benzene rings is 2. The normalized spacial score (nSPS) is 11.7. The Morgan fingerprint density at radius 2 is 1.96 bits per heavy atom. The van der Waals surface area contributed by atoms with Crippen molar-refractivity contribution >= 4 is 27.5 Å². The van der Waals surface area contributed by atoms with Crippen molar-refractivity contribution in [1.82, 2.24) is 0 Å². The van der Waals surface area contributed by atoms with Crippen molar-refractivity contribution in [2.75, 3.05) is 25.6 Å². The van der Waals surface area contributed by atoms with Gasteiger partial charge in [-0.05, 0) is 72.2 Å². The van der Waals surface area contributed by atoms with Gasteiger partial charge in [0.15, 0.2) is 6.54 Å². The van der Waals surface area contributed by atoms with Gasteiger partial charge < -0.3 is 20.1 Å². The molecule has 6 heteroatoms. The van der Waals surface area contributed by atoms with E-state index in [1.54, 1.807) is 7.11 Å². The van der Waals surface area contributed by atoms with E-state index in [1.807, 2.05) is 54.7 Å².